The lowest BCUT2D eigenvalue weighted by atomic mass is 10.1. The second kappa shape index (κ2) is 5.99. The molecule has 0 aliphatic rings. The molecular formula is C14H12ClF2NO. The molecule has 2 aromatic rings. The van der Waals surface area contributed by atoms with E-state index in [4.69, 9.17) is 22.1 Å². The lowest BCUT2D eigenvalue weighted by Gasteiger charge is -2.18. The van der Waals surface area contributed by atoms with Crippen LogP contribution in [0.15, 0.2) is 42.5 Å². The summed E-state index contributed by atoms with van der Waals surface area (Å²) in [6, 6.07) is 9.97. The number of halogens is 3. The third-order valence-corrected chi connectivity index (χ3v) is 2.78. The summed E-state index contributed by atoms with van der Waals surface area (Å²) in [4.78, 5) is 0. The van der Waals surface area contributed by atoms with Crippen LogP contribution in [0.25, 0.3) is 0 Å². The molecule has 1 atom stereocenters. The van der Waals surface area contributed by atoms with Crippen LogP contribution >= 0.6 is 11.6 Å². The van der Waals surface area contributed by atoms with Crippen LogP contribution in [-0.4, -0.2) is 6.54 Å². The monoisotopic (exact) mass is 283 g/mol. The zero-order chi connectivity index (χ0) is 13.8. The highest BCUT2D eigenvalue weighted by molar-refractivity contribution is 6.30. The van der Waals surface area contributed by atoms with Gasteiger partial charge in [-0.05, 0) is 17.7 Å². The molecule has 0 radical (unpaired) electrons. The fourth-order valence-electron chi connectivity index (χ4n) is 1.72. The highest BCUT2D eigenvalue weighted by Gasteiger charge is 2.13. The number of ether oxygens (including phenoxy) is 1. The van der Waals surface area contributed by atoms with Crippen LogP contribution in [0.2, 0.25) is 5.02 Å². The molecule has 100 valence electrons. The van der Waals surface area contributed by atoms with E-state index in [1.165, 1.54) is 0 Å². The molecule has 2 aromatic carbocycles. The molecule has 0 saturated carbocycles. The Kier molecular flexibility index (Phi) is 4.35. The van der Waals surface area contributed by atoms with E-state index < -0.39 is 17.7 Å². The highest BCUT2D eigenvalue weighted by atomic mass is 35.5. The zero-order valence-corrected chi connectivity index (χ0v) is 10.7. The molecule has 1 unspecified atom stereocenters. The van der Waals surface area contributed by atoms with Gasteiger partial charge in [0, 0.05) is 29.8 Å². The van der Waals surface area contributed by atoms with Crippen LogP contribution in [0.4, 0.5) is 8.78 Å². The van der Waals surface area contributed by atoms with Gasteiger partial charge in [-0.2, -0.15) is 0 Å². The van der Waals surface area contributed by atoms with E-state index in [0.717, 1.165) is 23.8 Å². The first-order chi connectivity index (χ1) is 9.08. The predicted molar refractivity (Wildman–Crippen MR) is 70.2 cm³/mol. The van der Waals surface area contributed by atoms with Gasteiger partial charge >= 0.3 is 0 Å². The van der Waals surface area contributed by atoms with Crippen molar-refractivity contribution in [3.8, 4) is 5.75 Å². The summed E-state index contributed by atoms with van der Waals surface area (Å²) in [5.74, 6) is -1.30. The number of rotatable bonds is 4. The lowest BCUT2D eigenvalue weighted by molar-refractivity contribution is 0.212. The first-order valence-corrected chi connectivity index (χ1v) is 6.04. The van der Waals surface area contributed by atoms with Gasteiger partial charge in [0.15, 0.2) is 0 Å². The lowest BCUT2D eigenvalue weighted by Crippen LogP contribution is -2.18. The molecule has 0 aromatic heterocycles. The largest absolute Gasteiger partial charge is 0.484 e. The molecule has 0 spiro atoms. The molecule has 0 heterocycles. The number of hydrogen-bond acceptors (Lipinski definition) is 2. The fourth-order valence-corrected chi connectivity index (χ4v) is 1.92. The first-order valence-electron chi connectivity index (χ1n) is 5.67. The quantitative estimate of drug-likeness (QED) is 0.929. The van der Waals surface area contributed by atoms with Crippen molar-refractivity contribution in [2.75, 3.05) is 6.54 Å². The molecule has 2 rings (SSSR count). The molecular weight excluding hydrogens is 272 g/mol. The maximum Gasteiger partial charge on any atom is 0.136 e. The summed E-state index contributed by atoms with van der Waals surface area (Å²) in [6.45, 7) is 0.165. The molecule has 0 saturated heterocycles. The third kappa shape index (κ3) is 3.66. The van der Waals surface area contributed by atoms with E-state index in [1.54, 1.807) is 24.3 Å². The molecule has 19 heavy (non-hydrogen) atoms. The third-order valence-electron chi connectivity index (χ3n) is 2.55. The Balaban J connectivity index is 2.23. The number of benzene rings is 2. The van der Waals surface area contributed by atoms with Crippen molar-refractivity contribution in [2.24, 2.45) is 5.73 Å². The molecule has 0 fully saturated rings. The minimum absolute atomic E-state index is 0.0907. The highest BCUT2D eigenvalue weighted by Crippen LogP contribution is 2.24. The Morgan fingerprint density at radius 2 is 1.79 bits per heavy atom. The van der Waals surface area contributed by atoms with Gasteiger partial charge in [-0.15, -0.1) is 0 Å². The minimum Gasteiger partial charge on any atom is -0.484 e. The molecule has 0 aliphatic heterocycles. The number of hydrogen-bond donors (Lipinski definition) is 1. The van der Waals surface area contributed by atoms with E-state index in [2.05, 4.69) is 0 Å². The van der Waals surface area contributed by atoms with Crippen LogP contribution < -0.4 is 10.5 Å². The van der Waals surface area contributed by atoms with Gasteiger partial charge in [-0.25, -0.2) is 8.78 Å². The van der Waals surface area contributed by atoms with Gasteiger partial charge in [0.25, 0.3) is 0 Å². The summed E-state index contributed by atoms with van der Waals surface area (Å²) in [5.41, 5.74) is 6.37. The van der Waals surface area contributed by atoms with Crippen molar-refractivity contribution in [3.05, 3.63) is 64.7 Å². The normalized spacial score (nSPS) is 12.2. The van der Waals surface area contributed by atoms with E-state index in [-0.39, 0.29) is 12.3 Å². The van der Waals surface area contributed by atoms with Crippen molar-refractivity contribution < 1.29 is 13.5 Å². The average molecular weight is 284 g/mol. The molecule has 0 bridgehead atoms. The Hall–Kier alpha value is -1.65. The minimum atomic E-state index is -0.697. The zero-order valence-electron chi connectivity index (χ0n) is 9.95. The van der Waals surface area contributed by atoms with Crippen molar-refractivity contribution in [3.63, 3.8) is 0 Å². The fraction of sp³-hybridized carbons (Fsp3) is 0.143. The Morgan fingerprint density at radius 3 is 2.37 bits per heavy atom. The summed E-state index contributed by atoms with van der Waals surface area (Å²) >= 11 is 5.88. The van der Waals surface area contributed by atoms with Crippen molar-refractivity contribution in [1.29, 1.82) is 0 Å². The summed E-state index contributed by atoms with van der Waals surface area (Å²) in [5, 5.41) is 0.546. The van der Waals surface area contributed by atoms with Crippen LogP contribution in [-0.2, 0) is 0 Å². The average Bonchev–Trinajstić information content (AvgIpc) is 2.34. The first kappa shape index (κ1) is 13.8. The maximum atomic E-state index is 13.1. The van der Waals surface area contributed by atoms with Crippen molar-refractivity contribution in [2.45, 2.75) is 6.10 Å². The van der Waals surface area contributed by atoms with Crippen LogP contribution in [0, 0.1) is 11.6 Å². The Bertz CT molecular complexity index is 557. The molecule has 5 heteroatoms. The topological polar surface area (TPSA) is 35.2 Å². The van der Waals surface area contributed by atoms with Gasteiger partial charge in [0.2, 0.25) is 0 Å². The second-order valence-corrected chi connectivity index (χ2v) is 4.44. The van der Waals surface area contributed by atoms with Crippen molar-refractivity contribution >= 4 is 11.6 Å². The Morgan fingerprint density at radius 1 is 1.11 bits per heavy atom. The smallest absolute Gasteiger partial charge is 0.136 e. The van der Waals surface area contributed by atoms with Gasteiger partial charge in [0.05, 0.1) is 0 Å². The molecule has 0 aliphatic carbocycles. The van der Waals surface area contributed by atoms with Gasteiger partial charge in [-0.1, -0.05) is 23.7 Å². The standard InChI is InChI=1S/C14H12ClF2NO/c15-10-3-1-2-9(4-10)14(8-18)19-13-6-11(16)5-12(17)7-13/h1-7,14H,8,18H2. The summed E-state index contributed by atoms with van der Waals surface area (Å²) in [7, 11) is 0. The summed E-state index contributed by atoms with van der Waals surface area (Å²) in [6.07, 6.45) is -0.514. The van der Waals surface area contributed by atoms with E-state index in [1.807, 2.05) is 0 Å². The van der Waals surface area contributed by atoms with Crippen LogP contribution in [0.1, 0.15) is 11.7 Å². The Labute approximate surface area is 114 Å². The van der Waals surface area contributed by atoms with E-state index in [0.29, 0.717) is 5.02 Å². The van der Waals surface area contributed by atoms with Gasteiger partial charge in [0.1, 0.15) is 23.5 Å². The number of nitrogens with two attached hydrogens (primary N) is 1. The molecule has 2 nitrogen and oxygen atoms in total. The predicted octanol–water partition coefficient (Wildman–Crippen LogP) is 3.70. The van der Waals surface area contributed by atoms with Crippen LogP contribution in [0.3, 0.4) is 0 Å². The van der Waals surface area contributed by atoms with Crippen LogP contribution in [0.5, 0.6) is 5.75 Å². The van der Waals surface area contributed by atoms with Gasteiger partial charge < -0.3 is 10.5 Å². The van der Waals surface area contributed by atoms with E-state index >= 15 is 0 Å². The SMILES string of the molecule is NCC(Oc1cc(F)cc(F)c1)c1cccc(Cl)c1. The molecule has 0 amide bonds. The maximum absolute atomic E-state index is 13.1. The molecule has 2 N–H and O–H groups in total. The van der Waals surface area contributed by atoms with Crippen molar-refractivity contribution in [1.82, 2.24) is 0 Å². The second-order valence-electron chi connectivity index (χ2n) is 4.00. The van der Waals surface area contributed by atoms with E-state index in [9.17, 15) is 8.78 Å². The summed E-state index contributed by atoms with van der Waals surface area (Å²) < 4.78 is 31.7. The van der Waals surface area contributed by atoms with Gasteiger partial charge in [-0.3, -0.25) is 0 Å².